The minimum absolute atomic E-state index is 0.343. The van der Waals surface area contributed by atoms with Crippen LogP contribution in [-0.2, 0) is 4.84 Å². The van der Waals surface area contributed by atoms with Crippen LogP contribution in [0.4, 0.5) is 0 Å². The molecule has 0 aromatic carbocycles. The number of nitrogens with zero attached hydrogens (tertiary/aromatic N) is 1. The molecular formula is C13H17NO. The van der Waals surface area contributed by atoms with E-state index in [0.717, 1.165) is 5.92 Å². The number of rotatable bonds is 0. The number of oxime groups is 1. The van der Waals surface area contributed by atoms with Crippen LogP contribution in [0.3, 0.4) is 0 Å². The van der Waals surface area contributed by atoms with Crippen LogP contribution < -0.4 is 0 Å². The molecule has 3 aliphatic carbocycles. The van der Waals surface area contributed by atoms with Gasteiger partial charge in [0, 0.05) is 5.92 Å². The minimum atomic E-state index is 0.343. The topological polar surface area (TPSA) is 21.6 Å². The molecule has 4 rings (SSSR count). The van der Waals surface area contributed by atoms with Crippen molar-refractivity contribution in [3.63, 3.8) is 0 Å². The quantitative estimate of drug-likeness (QED) is 0.555. The van der Waals surface area contributed by atoms with E-state index in [-0.39, 0.29) is 0 Å². The number of fused-ring (bicyclic) bond motifs is 3. The minimum Gasteiger partial charge on any atom is -0.391 e. The van der Waals surface area contributed by atoms with E-state index in [1.807, 2.05) is 0 Å². The van der Waals surface area contributed by atoms with Crippen LogP contribution >= 0.6 is 0 Å². The fourth-order valence-electron chi connectivity index (χ4n) is 4.32. The molecule has 2 nitrogen and oxygen atoms in total. The Balaban J connectivity index is 1.83. The summed E-state index contributed by atoms with van der Waals surface area (Å²) in [5.74, 6) is 1.40. The Bertz CT molecular complexity index is 360. The summed E-state index contributed by atoms with van der Waals surface area (Å²) in [6, 6.07) is 0. The Morgan fingerprint density at radius 3 is 3.27 bits per heavy atom. The lowest BCUT2D eigenvalue weighted by Gasteiger charge is -2.34. The standard InChI is InChI=1S/C13H17NO/c1-2-4-11-13(7-3-1)10-6-5-9(8-10)12(13)15-14-11/h5-6,9-10,12H,1-4,7-8H2/t9-,10+,12+,13+/m0/s1. The Morgan fingerprint density at radius 1 is 1.27 bits per heavy atom. The summed E-state index contributed by atoms with van der Waals surface area (Å²) in [4.78, 5) is 5.74. The molecule has 4 atom stereocenters. The zero-order valence-electron chi connectivity index (χ0n) is 8.98. The van der Waals surface area contributed by atoms with Crippen molar-refractivity contribution in [3.05, 3.63) is 12.2 Å². The van der Waals surface area contributed by atoms with Gasteiger partial charge in [0.05, 0.1) is 11.1 Å². The van der Waals surface area contributed by atoms with Crippen molar-refractivity contribution in [1.29, 1.82) is 0 Å². The third-order valence-corrected chi connectivity index (χ3v) is 4.99. The molecule has 15 heavy (non-hydrogen) atoms. The SMILES string of the molecule is C1=C[C@H]2C[C@@H]1[C@]13CCCCCC1=NO[C@H]23. The monoisotopic (exact) mass is 203 g/mol. The second-order valence-electron chi connectivity index (χ2n) is 5.56. The lowest BCUT2D eigenvalue weighted by Crippen LogP contribution is -2.41. The van der Waals surface area contributed by atoms with E-state index < -0.39 is 0 Å². The Morgan fingerprint density at radius 2 is 2.27 bits per heavy atom. The average Bonchev–Trinajstić information content (AvgIpc) is 2.87. The summed E-state index contributed by atoms with van der Waals surface area (Å²) >= 11 is 0. The van der Waals surface area contributed by atoms with Gasteiger partial charge in [-0.05, 0) is 31.6 Å². The van der Waals surface area contributed by atoms with Crippen molar-refractivity contribution in [2.24, 2.45) is 22.4 Å². The van der Waals surface area contributed by atoms with E-state index in [1.54, 1.807) is 0 Å². The highest BCUT2D eigenvalue weighted by Gasteiger charge is 2.62. The van der Waals surface area contributed by atoms with Crippen LogP contribution in [0.2, 0.25) is 0 Å². The lowest BCUT2D eigenvalue weighted by molar-refractivity contribution is 0.0118. The molecule has 0 unspecified atom stereocenters. The molecular weight excluding hydrogens is 186 g/mol. The maximum atomic E-state index is 5.74. The fourth-order valence-corrected chi connectivity index (χ4v) is 4.32. The van der Waals surface area contributed by atoms with E-state index in [0.29, 0.717) is 17.4 Å². The molecule has 2 fully saturated rings. The van der Waals surface area contributed by atoms with Crippen LogP contribution in [0, 0.1) is 17.3 Å². The first-order valence-corrected chi connectivity index (χ1v) is 6.33. The molecule has 1 aliphatic heterocycles. The van der Waals surface area contributed by atoms with Crippen LogP contribution in [0.5, 0.6) is 0 Å². The largest absolute Gasteiger partial charge is 0.391 e. The van der Waals surface area contributed by atoms with Crippen molar-refractivity contribution in [1.82, 2.24) is 0 Å². The van der Waals surface area contributed by atoms with Gasteiger partial charge in [-0.15, -0.1) is 0 Å². The molecule has 1 heterocycles. The fraction of sp³-hybridized carbons (Fsp3) is 0.769. The second-order valence-corrected chi connectivity index (χ2v) is 5.56. The third-order valence-electron chi connectivity index (χ3n) is 4.99. The zero-order valence-corrected chi connectivity index (χ0v) is 8.98. The van der Waals surface area contributed by atoms with Gasteiger partial charge in [-0.25, -0.2) is 0 Å². The van der Waals surface area contributed by atoms with Gasteiger partial charge in [-0.2, -0.15) is 0 Å². The summed E-state index contributed by atoms with van der Waals surface area (Å²) in [6.07, 6.45) is 13.1. The van der Waals surface area contributed by atoms with E-state index >= 15 is 0 Å². The van der Waals surface area contributed by atoms with Crippen molar-refractivity contribution >= 4 is 5.71 Å². The number of hydrogen-bond acceptors (Lipinski definition) is 2. The van der Waals surface area contributed by atoms with Gasteiger partial charge >= 0.3 is 0 Å². The summed E-state index contributed by atoms with van der Waals surface area (Å²) in [6.45, 7) is 0. The molecule has 2 saturated carbocycles. The molecule has 0 amide bonds. The molecule has 2 heteroatoms. The Labute approximate surface area is 90.4 Å². The first-order valence-electron chi connectivity index (χ1n) is 6.33. The highest BCUT2D eigenvalue weighted by atomic mass is 16.6. The predicted molar refractivity (Wildman–Crippen MR) is 58.6 cm³/mol. The number of hydrogen-bond donors (Lipinski definition) is 0. The molecule has 0 N–H and O–H groups in total. The van der Waals surface area contributed by atoms with Gasteiger partial charge < -0.3 is 4.84 Å². The maximum absolute atomic E-state index is 5.74. The van der Waals surface area contributed by atoms with Gasteiger partial charge in [0.25, 0.3) is 0 Å². The van der Waals surface area contributed by atoms with E-state index in [2.05, 4.69) is 17.3 Å². The first-order chi connectivity index (χ1) is 7.41. The van der Waals surface area contributed by atoms with E-state index in [4.69, 9.17) is 4.84 Å². The summed E-state index contributed by atoms with van der Waals surface area (Å²) in [5, 5.41) is 4.41. The molecule has 0 radical (unpaired) electrons. The van der Waals surface area contributed by atoms with Crippen molar-refractivity contribution in [3.8, 4) is 0 Å². The van der Waals surface area contributed by atoms with Crippen molar-refractivity contribution < 1.29 is 4.84 Å². The normalized spacial score (nSPS) is 50.7. The molecule has 4 aliphatic rings. The Hall–Kier alpha value is -0.790. The van der Waals surface area contributed by atoms with Crippen LogP contribution in [0.15, 0.2) is 17.3 Å². The van der Waals surface area contributed by atoms with Crippen LogP contribution in [0.1, 0.15) is 38.5 Å². The van der Waals surface area contributed by atoms with E-state index in [9.17, 15) is 0 Å². The molecule has 0 aromatic heterocycles. The molecule has 1 spiro atoms. The summed E-state index contributed by atoms with van der Waals surface area (Å²) < 4.78 is 0. The van der Waals surface area contributed by atoms with Gasteiger partial charge in [0.2, 0.25) is 0 Å². The molecule has 2 bridgehead atoms. The van der Waals surface area contributed by atoms with Crippen LogP contribution in [-0.4, -0.2) is 11.8 Å². The average molecular weight is 203 g/mol. The Kier molecular flexibility index (Phi) is 1.48. The molecule has 0 aromatic rings. The molecule has 0 saturated heterocycles. The zero-order chi connectivity index (χ0) is 9.88. The maximum Gasteiger partial charge on any atom is 0.145 e. The van der Waals surface area contributed by atoms with E-state index in [1.165, 1.54) is 44.2 Å². The highest BCUT2D eigenvalue weighted by Crippen LogP contribution is 2.60. The smallest absolute Gasteiger partial charge is 0.145 e. The predicted octanol–water partition coefficient (Wildman–Crippen LogP) is 2.90. The summed E-state index contributed by atoms with van der Waals surface area (Å²) in [7, 11) is 0. The number of allylic oxidation sites excluding steroid dienone is 1. The van der Waals surface area contributed by atoms with Crippen molar-refractivity contribution in [2.45, 2.75) is 44.6 Å². The van der Waals surface area contributed by atoms with Gasteiger partial charge in [-0.3, -0.25) is 0 Å². The third kappa shape index (κ3) is 0.849. The lowest BCUT2D eigenvalue weighted by atomic mass is 9.68. The van der Waals surface area contributed by atoms with Gasteiger partial charge in [-0.1, -0.05) is 30.1 Å². The van der Waals surface area contributed by atoms with Gasteiger partial charge in [0.1, 0.15) is 6.10 Å². The van der Waals surface area contributed by atoms with Crippen molar-refractivity contribution in [2.75, 3.05) is 0 Å². The summed E-state index contributed by atoms with van der Waals surface area (Å²) in [5.41, 5.74) is 1.75. The molecule has 80 valence electrons. The van der Waals surface area contributed by atoms with Crippen LogP contribution in [0.25, 0.3) is 0 Å². The van der Waals surface area contributed by atoms with Gasteiger partial charge in [0.15, 0.2) is 0 Å². The first kappa shape index (κ1) is 8.37. The highest BCUT2D eigenvalue weighted by molar-refractivity contribution is 5.93. The second kappa shape index (κ2) is 2.66.